The molecule has 0 fully saturated rings. The van der Waals surface area contributed by atoms with Crippen molar-refractivity contribution in [3.05, 3.63) is 48.0 Å². The molecule has 2 aromatic rings. The molecule has 134 valence electrons. The first-order chi connectivity index (χ1) is 12.7. The molecule has 0 atom stereocenters. The Bertz CT molecular complexity index is 852. The Balaban J connectivity index is 1.32. The molecule has 0 aromatic heterocycles. The quantitative estimate of drug-likeness (QED) is 0.887. The number of benzene rings is 2. The van der Waals surface area contributed by atoms with Crippen LogP contribution in [0.2, 0.25) is 0 Å². The number of ether oxygens (including phenoxy) is 3. The lowest BCUT2D eigenvalue weighted by Crippen LogP contribution is -2.41. The second-order valence-corrected chi connectivity index (χ2v) is 6.02. The minimum Gasteiger partial charge on any atom is -0.482 e. The van der Waals surface area contributed by atoms with Crippen molar-refractivity contribution in [3.8, 4) is 17.2 Å². The topological polar surface area (TPSA) is 77.1 Å². The Labute approximate surface area is 150 Å². The molecule has 0 saturated heterocycles. The second-order valence-electron chi connectivity index (χ2n) is 6.02. The van der Waals surface area contributed by atoms with E-state index in [4.69, 9.17) is 14.2 Å². The molecule has 7 heteroatoms. The van der Waals surface area contributed by atoms with Crippen LogP contribution in [0.1, 0.15) is 12.0 Å². The molecule has 0 bridgehead atoms. The smallest absolute Gasteiger partial charge is 0.265 e. The number of carbonyl (C=O) groups is 2. The van der Waals surface area contributed by atoms with Gasteiger partial charge < -0.3 is 24.4 Å². The zero-order chi connectivity index (χ0) is 17.9. The van der Waals surface area contributed by atoms with E-state index in [2.05, 4.69) is 5.32 Å². The molecule has 0 aliphatic carbocycles. The zero-order valence-electron chi connectivity index (χ0n) is 14.1. The highest BCUT2D eigenvalue weighted by atomic mass is 16.7. The summed E-state index contributed by atoms with van der Waals surface area (Å²) in [6.45, 7) is 0.922. The van der Waals surface area contributed by atoms with E-state index in [9.17, 15) is 9.59 Å². The number of anilines is 1. The van der Waals surface area contributed by atoms with Crippen molar-refractivity contribution < 1.29 is 23.8 Å². The van der Waals surface area contributed by atoms with Crippen molar-refractivity contribution in [1.82, 2.24) is 5.32 Å². The fourth-order valence-corrected chi connectivity index (χ4v) is 2.95. The van der Waals surface area contributed by atoms with E-state index in [1.54, 1.807) is 4.90 Å². The predicted molar refractivity (Wildman–Crippen MR) is 93.3 cm³/mol. The van der Waals surface area contributed by atoms with E-state index in [0.717, 1.165) is 5.56 Å². The minimum absolute atomic E-state index is 0.00414. The van der Waals surface area contributed by atoms with E-state index in [1.807, 2.05) is 42.5 Å². The van der Waals surface area contributed by atoms with Crippen molar-refractivity contribution in [3.63, 3.8) is 0 Å². The lowest BCUT2D eigenvalue weighted by molar-refractivity contribution is -0.122. The maximum absolute atomic E-state index is 12.2. The first-order valence-corrected chi connectivity index (χ1v) is 8.38. The SMILES string of the molecule is O=C(CCN1C(=O)COc2ccccc21)NCc1ccc2c(c1)OCO2. The number of hydrogen-bond donors (Lipinski definition) is 1. The van der Waals surface area contributed by atoms with Crippen LogP contribution in [0, 0.1) is 0 Å². The Morgan fingerprint density at radius 3 is 2.81 bits per heavy atom. The van der Waals surface area contributed by atoms with Crippen molar-refractivity contribution in [2.24, 2.45) is 0 Å². The molecule has 4 rings (SSSR count). The fraction of sp³-hybridized carbons (Fsp3) is 0.263. The third-order valence-corrected chi connectivity index (χ3v) is 4.30. The molecule has 2 heterocycles. The van der Waals surface area contributed by atoms with E-state index in [0.29, 0.717) is 36.0 Å². The van der Waals surface area contributed by atoms with Gasteiger partial charge in [-0.25, -0.2) is 0 Å². The molecular formula is C19H18N2O5. The molecule has 0 radical (unpaired) electrons. The van der Waals surface area contributed by atoms with Gasteiger partial charge in [0, 0.05) is 19.5 Å². The number of nitrogens with zero attached hydrogens (tertiary/aromatic N) is 1. The van der Waals surface area contributed by atoms with Crippen LogP contribution in [-0.2, 0) is 16.1 Å². The van der Waals surface area contributed by atoms with Crippen molar-refractivity contribution >= 4 is 17.5 Å². The maximum Gasteiger partial charge on any atom is 0.265 e. The van der Waals surface area contributed by atoms with Gasteiger partial charge in [-0.15, -0.1) is 0 Å². The van der Waals surface area contributed by atoms with Crippen molar-refractivity contribution in [1.29, 1.82) is 0 Å². The Kier molecular flexibility index (Phi) is 4.35. The average Bonchev–Trinajstić information content (AvgIpc) is 3.13. The molecule has 2 aromatic carbocycles. The summed E-state index contributed by atoms with van der Waals surface area (Å²) in [6, 6.07) is 12.9. The number of rotatable bonds is 5. The predicted octanol–water partition coefficient (Wildman–Crippen LogP) is 1.85. The van der Waals surface area contributed by atoms with Gasteiger partial charge in [-0.3, -0.25) is 9.59 Å². The van der Waals surface area contributed by atoms with Gasteiger partial charge in [0.05, 0.1) is 5.69 Å². The summed E-state index contributed by atoms with van der Waals surface area (Å²) in [4.78, 5) is 25.9. The van der Waals surface area contributed by atoms with Crippen LogP contribution >= 0.6 is 0 Å². The molecule has 2 aliphatic heterocycles. The summed E-state index contributed by atoms with van der Waals surface area (Å²) in [5.41, 5.74) is 1.63. The summed E-state index contributed by atoms with van der Waals surface area (Å²) in [7, 11) is 0. The molecule has 0 saturated carbocycles. The zero-order valence-corrected chi connectivity index (χ0v) is 14.1. The number of hydrogen-bond acceptors (Lipinski definition) is 5. The highest BCUT2D eigenvalue weighted by molar-refractivity contribution is 5.98. The van der Waals surface area contributed by atoms with Crippen LogP contribution in [-0.4, -0.2) is 31.8 Å². The van der Waals surface area contributed by atoms with Crippen LogP contribution in [0.4, 0.5) is 5.69 Å². The molecule has 26 heavy (non-hydrogen) atoms. The number of amides is 2. The summed E-state index contributed by atoms with van der Waals surface area (Å²) in [5.74, 6) is 1.79. The summed E-state index contributed by atoms with van der Waals surface area (Å²) < 4.78 is 16.0. The highest BCUT2D eigenvalue weighted by Gasteiger charge is 2.25. The number of para-hydroxylation sites is 2. The van der Waals surface area contributed by atoms with Gasteiger partial charge in [-0.2, -0.15) is 0 Å². The van der Waals surface area contributed by atoms with E-state index in [1.165, 1.54) is 0 Å². The molecule has 0 unspecified atom stereocenters. The van der Waals surface area contributed by atoms with Gasteiger partial charge in [-0.05, 0) is 29.8 Å². The van der Waals surface area contributed by atoms with Gasteiger partial charge in [0.25, 0.3) is 5.91 Å². The van der Waals surface area contributed by atoms with Gasteiger partial charge >= 0.3 is 0 Å². The lowest BCUT2D eigenvalue weighted by atomic mass is 10.2. The van der Waals surface area contributed by atoms with Crippen LogP contribution in [0.25, 0.3) is 0 Å². The van der Waals surface area contributed by atoms with Gasteiger partial charge in [0.15, 0.2) is 18.1 Å². The molecule has 2 aliphatic rings. The van der Waals surface area contributed by atoms with E-state index < -0.39 is 0 Å². The Morgan fingerprint density at radius 2 is 1.88 bits per heavy atom. The minimum atomic E-state index is -0.146. The highest BCUT2D eigenvalue weighted by Crippen LogP contribution is 2.33. The normalized spacial score (nSPS) is 14.6. The summed E-state index contributed by atoms with van der Waals surface area (Å²) in [5, 5.41) is 2.86. The summed E-state index contributed by atoms with van der Waals surface area (Å²) in [6.07, 6.45) is 0.213. The lowest BCUT2D eigenvalue weighted by Gasteiger charge is -2.29. The first kappa shape index (κ1) is 16.3. The van der Waals surface area contributed by atoms with E-state index in [-0.39, 0.29) is 31.6 Å². The Hall–Kier alpha value is -3.22. The first-order valence-electron chi connectivity index (χ1n) is 8.38. The van der Waals surface area contributed by atoms with Gasteiger partial charge in [0.1, 0.15) is 5.75 Å². The molecular weight excluding hydrogens is 336 g/mol. The monoisotopic (exact) mass is 354 g/mol. The number of carbonyl (C=O) groups excluding carboxylic acids is 2. The third kappa shape index (κ3) is 3.28. The largest absolute Gasteiger partial charge is 0.482 e. The van der Waals surface area contributed by atoms with Crippen LogP contribution in [0.15, 0.2) is 42.5 Å². The van der Waals surface area contributed by atoms with E-state index >= 15 is 0 Å². The number of fused-ring (bicyclic) bond motifs is 2. The van der Waals surface area contributed by atoms with Crippen LogP contribution < -0.4 is 24.4 Å². The maximum atomic E-state index is 12.2. The average molecular weight is 354 g/mol. The van der Waals surface area contributed by atoms with Crippen molar-refractivity contribution in [2.45, 2.75) is 13.0 Å². The third-order valence-electron chi connectivity index (χ3n) is 4.30. The standard InChI is InChI=1S/C19H18N2O5/c22-18(20-10-13-5-6-16-17(9-13)26-12-25-16)7-8-21-14-3-1-2-4-15(14)24-11-19(21)23/h1-6,9H,7-8,10-12H2,(H,20,22). The van der Waals surface area contributed by atoms with Gasteiger partial charge in [-0.1, -0.05) is 18.2 Å². The molecule has 0 spiro atoms. The second kappa shape index (κ2) is 6.95. The van der Waals surface area contributed by atoms with Crippen LogP contribution in [0.5, 0.6) is 17.2 Å². The molecule has 2 amide bonds. The fourth-order valence-electron chi connectivity index (χ4n) is 2.95. The molecule has 7 nitrogen and oxygen atoms in total. The van der Waals surface area contributed by atoms with Gasteiger partial charge in [0.2, 0.25) is 12.7 Å². The van der Waals surface area contributed by atoms with Crippen molar-refractivity contribution in [2.75, 3.05) is 24.8 Å². The summed E-state index contributed by atoms with van der Waals surface area (Å²) >= 11 is 0. The molecule has 1 N–H and O–H groups in total. The Morgan fingerprint density at radius 1 is 1.04 bits per heavy atom. The van der Waals surface area contributed by atoms with Crippen LogP contribution in [0.3, 0.4) is 0 Å². The number of nitrogens with one attached hydrogen (secondary N) is 1.